The number of methoxy groups -OCH3 is 1. The molecule has 0 saturated heterocycles. The van der Waals surface area contributed by atoms with Crippen LogP contribution in [0.5, 0.6) is 0 Å². The average Bonchev–Trinajstić information content (AvgIpc) is 3.09. The molecule has 3 aromatic heterocycles. The van der Waals surface area contributed by atoms with Gasteiger partial charge in [-0.25, -0.2) is 4.52 Å². The number of hydrogen-bond acceptors (Lipinski definition) is 6. The molecule has 4 aromatic rings. The monoisotopic (exact) mass is 427 g/mol. The SMILES string of the molecule is COCc1nn2c(nnc3c(=O)n(CCCC(=O)O)ccc32)c1-c1ccc(Cl)cc1. The van der Waals surface area contributed by atoms with Crippen molar-refractivity contribution in [2.75, 3.05) is 7.11 Å². The van der Waals surface area contributed by atoms with E-state index in [1.165, 1.54) is 4.57 Å². The number of aromatic nitrogens is 5. The zero-order valence-electron chi connectivity index (χ0n) is 16.1. The van der Waals surface area contributed by atoms with Gasteiger partial charge in [-0.1, -0.05) is 23.7 Å². The zero-order chi connectivity index (χ0) is 21.3. The van der Waals surface area contributed by atoms with E-state index in [2.05, 4.69) is 15.3 Å². The number of aliphatic carboxylic acids is 1. The first-order valence-electron chi connectivity index (χ1n) is 9.23. The lowest BCUT2D eigenvalue weighted by atomic mass is 10.1. The number of hydrogen-bond donors (Lipinski definition) is 1. The van der Waals surface area contributed by atoms with E-state index in [-0.39, 0.29) is 30.6 Å². The average molecular weight is 428 g/mol. The van der Waals surface area contributed by atoms with Gasteiger partial charge in [0.1, 0.15) is 5.52 Å². The summed E-state index contributed by atoms with van der Waals surface area (Å²) >= 11 is 6.01. The second-order valence-electron chi connectivity index (χ2n) is 6.74. The van der Waals surface area contributed by atoms with Crippen LogP contribution in [0.1, 0.15) is 18.5 Å². The molecule has 10 heteroatoms. The smallest absolute Gasteiger partial charge is 0.303 e. The molecule has 0 spiro atoms. The van der Waals surface area contributed by atoms with Crippen LogP contribution >= 0.6 is 11.6 Å². The van der Waals surface area contributed by atoms with Gasteiger partial charge >= 0.3 is 5.97 Å². The van der Waals surface area contributed by atoms with Gasteiger partial charge < -0.3 is 14.4 Å². The maximum atomic E-state index is 12.8. The first kappa shape index (κ1) is 20.0. The number of fused-ring (bicyclic) bond motifs is 3. The summed E-state index contributed by atoms with van der Waals surface area (Å²) in [5.74, 6) is -0.901. The van der Waals surface area contributed by atoms with Crippen molar-refractivity contribution < 1.29 is 14.6 Å². The maximum Gasteiger partial charge on any atom is 0.303 e. The van der Waals surface area contributed by atoms with E-state index in [0.29, 0.717) is 28.3 Å². The molecule has 30 heavy (non-hydrogen) atoms. The van der Waals surface area contributed by atoms with Crippen molar-refractivity contribution in [1.29, 1.82) is 0 Å². The summed E-state index contributed by atoms with van der Waals surface area (Å²) in [7, 11) is 1.58. The summed E-state index contributed by atoms with van der Waals surface area (Å²) in [6.45, 7) is 0.542. The van der Waals surface area contributed by atoms with Gasteiger partial charge in [0.2, 0.25) is 0 Å². The van der Waals surface area contributed by atoms with Crippen molar-refractivity contribution in [3.05, 3.63) is 57.6 Å². The molecule has 1 aromatic carbocycles. The molecular formula is C20H18ClN5O4. The highest BCUT2D eigenvalue weighted by atomic mass is 35.5. The van der Waals surface area contributed by atoms with Crippen molar-refractivity contribution in [2.24, 2.45) is 0 Å². The largest absolute Gasteiger partial charge is 0.481 e. The van der Waals surface area contributed by atoms with E-state index in [1.807, 2.05) is 12.1 Å². The number of aryl methyl sites for hydroxylation is 1. The first-order chi connectivity index (χ1) is 14.5. The van der Waals surface area contributed by atoms with E-state index < -0.39 is 5.97 Å². The van der Waals surface area contributed by atoms with Crippen LogP contribution in [-0.2, 0) is 22.7 Å². The Morgan fingerprint density at radius 1 is 1.20 bits per heavy atom. The van der Waals surface area contributed by atoms with Crippen molar-refractivity contribution in [2.45, 2.75) is 26.0 Å². The number of halogens is 1. The summed E-state index contributed by atoms with van der Waals surface area (Å²) in [4.78, 5) is 23.5. The predicted molar refractivity (Wildman–Crippen MR) is 111 cm³/mol. The third kappa shape index (κ3) is 3.64. The zero-order valence-corrected chi connectivity index (χ0v) is 16.8. The van der Waals surface area contributed by atoms with Crippen LogP contribution < -0.4 is 5.56 Å². The van der Waals surface area contributed by atoms with Gasteiger partial charge in [-0.2, -0.15) is 5.10 Å². The minimum atomic E-state index is -0.901. The molecule has 1 N–H and O–H groups in total. The third-order valence-corrected chi connectivity index (χ3v) is 4.98. The second-order valence-corrected chi connectivity index (χ2v) is 7.18. The Morgan fingerprint density at radius 2 is 1.97 bits per heavy atom. The highest BCUT2D eigenvalue weighted by molar-refractivity contribution is 6.30. The lowest BCUT2D eigenvalue weighted by Gasteiger charge is -2.06. The van der Waals surface area contributed by atoms with Crippen molar-refractivity contribution in [3.63, 3.8) is 0 Å². The quantitative estimate of drug-likeness (QED) is 0.482. The second kappa shape index (κ2) is 8.21. The van der Waals surface area contributed by atoms with E-state index in [9.17, 15) is 9.59 Å². The summed E-state index contributed by atoms with van der Waals surface area (Å²) in [6.07, 6.45) is 1.95. The molecule has 3 heterocycles. The van der Waals surface area contributed by atoms with E-state index in [4.69, 9.17) is 21.4 Å². The number of benzene rings is 1. The Bertz CT molecular complexity index is 1300. The molecule has 0 unspecified atom stereocenters. The molecule has 0 aliphatic heterocycles. The Balaban J connectivity index is 1.86. The van der Waals surface area contributed by atoms with Crippen molar-refractivity contribution >= 4 is 34.3 Å². The molecule has 0 saturated carbocycles. The highest BCUT2D eigenvalue weighted by Gasteiger charge is 2.19. The fraction of sp³-hybridized carbons (Fsp3) is 0.250. The third-order valence-electron chi connectivity index (χ3n) is 4.73. The standard InChI is InChI=1S/C20H18ClN5O4/c1-30-11-14-17(12-4-6-13(21)7-5-12)19-23-22-18-15(26(19)24-14)8-10-25(20(18)29)9-2-3-16(27)28/h4-8,10H,2-3,9,11H2,1H3,(H,27,28). The van der Waals surface area contributed by atoms with Crippen LogP contribution in [0.2, 0.25) is 5.02 Å². The number of carboxylic acids is 1. The number of pyridine rings is 1. The number of carbonyl (C=O) groups is 1. The van der Waals surface area contributed by atoms with Gasteiger partial charge in [-0.3, -0.25) is 9.59 Å². The van der Waals surface area contributed by atoms with Gasteiger partial charge in [-0.15, -0.1) is 10.2 Å². The van der Waals surface area contributed by atoms with Gasteiger partial charge in [-0.05, 0) is 30.2 Å². The van der Waals surface area contributed by atoms with Crippen molar-refractivity contribution in [1.82, 2.24) is 24.4 Å². The van der Waals surface area contributed by atoms with Crippen LogP contribution in [-0.4, -0.2) is 42.6 Å². The Morgan fingerprint density at radius 3 is 2.67 bits per heavy atom. The van der Waals surface area contributed by atoms with Gasteiger partial charge in [0.05, 0.1) is 17.9 Å². The number of carboxylic acid groups (broad SMARTS) is 1. The number of nitrogens with zero attached hydrogens (tertiary/aromatic N) is 5. The minimum Gasteiger partial charge on any atom is -0.481 e. The van der Waals surface area contributed by atoms with Gasteiger partial charge in [0.25, 0.3) is 5.56 Å². The number of ether oxygens (including phenoxy) is 1. The van der Waals surface area contributed by atoms with Crippen LogP contribution in [0.4, 0.5) is 0 Å². The number of rotatable bonds is 7. The Kier molecular flexibility index (Phi) is 5.47. The minimum absolute atomic E-state index is 0.0147. The van der Waals surface area contributed by atoms with Gasteiger partial charge in [0, 0.05) is 31.3 Å². The Hall–Kier alpha value is -3.30. The highest BCUT2D eigenvalue weighted by Crippen LogP contribution is 2.30. The molecule has 0 aliphatic carbocycles. The molecular weight excluding hydrogens is 410 g/mol. The van der Waals surface area contributed by atoms with E-state index in [0.717, 1.165) is 11.1 Å². The maximum absolute atomic E-state index is 12.8. The molecule has 0 amide bonds. The summed E-state index contributed by atoms with van der Waals surface area (Å²) in [6, 6.07) is 9.02. The fourth-order valence-electron chi connectivity index (χ4n) is 3.36. The molecule has 4 rings (SSSR count). The molecule has 0 aliphatic rings. The molecule has 9 nitrogen and oxygen atoms in total. The van der Waals surface area contributed by atoms with Crippen LogP contribution in [0.25, 0.3) is 27.8 Å². The van der Waals surface area contributed by atoms with E-state index >= 15 is 0 Å². The lowest BCUT2D eigenvalue weighted by molar-refractivity contribution is -0.137. The first-order valence-corrected chi connectivity index (χ1v) is 9.61. The summed E-state index contributed by atoms with van der Waals surface area (Å²) in [5.41, 5.74) is 3.11. The fourth-order valence-corrected chi connectivity index (χ4v) is 3.48. The van der Waals surface area contributed by atoms with Crippen LogP contribution in [0.3, 0.4) is 0 Å². The van der Waals surface area contributed by atoms with Crippen LogP contribution in [0, 0.1) is 0 Å². The van der Waals surface area contributed by atoms with Crippen LogP contribution in [0.15, 0.2) is 41.3 Å². The normalized spacial score (nSPS) is 11.4. The molecule has 154 valence electrons. The topological polar surface area (TPSA) is 112 Å². The molecule has 0 bridgehead atoms. The van der Waals surface area contributed by atoms with Gasteiger partial charge in [0.15, 0.2) is 11.2 Å². The van der Waals surface area contributed by atoms with Crippen molar-refractivity contribution in [3.8, 4) is 11.1 Å². The summed E-state index contributed by atoms with van der Waals surface area (Å²) < 4.78 is 8.32. The van der Waals surface area contributed by atoms with E-state index in [1.54, 1.807) is 36.0 Å². The molecule has 0 fully saturated rings. The molecule has 0 radical (unpaired) electrons. The summed E-state index contributed by atoms with van der Waals surface area (Å²) in [5, 5.41) is 22.5. The Labute approximate surface area is 175 Å². The molecule has 0 atom stereocenters. The lowest BCUT2D eigenvalue weighted by Crippen LogP contribution is -2.22. The predicted octanol–water partition coefficient (Wildman–Crippen LogP) is 2.77.